The molecule has 1 aromatic heterocycles. The van der Waals surface area contributed by atoms with Gasteiger partial charge >= 0.3 is 6.18 Å². The fraction of sp³-hybridized carbons (Fsp3) is 0.350. The van der Waals surface area contributed by atoms with Gasteiger partial charge in [-0.15, -0.1) is 0 Å². The van der Waals surface area contributed by atoms with E-state index in [1.165, 1.54) is 31.3 Å². The van der Waals surface area contributed by atoms with Crippen molar-refractivity contribution in [1.29, 1.82) is 0 Å². The molecule has 0 saturated carbocycles. The first-order chi connectivity index (χ1) is 14.4. The monoisotopic (exact) mass is 461 g/mol. The topological polar surface area (TPSA) is 77.6 Å². The SMILES string of the molecule is Cc1cc(CC(=O)c2ccc(Cl)cn2)cc([C@]2(CF)C[C@@H](C(F)(F)F)OC(N)=N2)c1F. The summed E-state index contributed by atoms with van der Waals surface area (Å²) in [5.41, 5.74) is 3.07. The quantitative estimate of drug-likeness (QED) is 0.527. The first-order valence-corrected chi connectivity index (χ1v) is 9.42. The normalized spacial score (nSPS) is 21.4. The summed E-state index contributed by atoms with van der Waals surface area (Å²) in [6, 6.07) is 4.47. The molecule has 2 aromatic rings. The lowest BCUT2D eigenvalue weighted by Gasteiger charge is -2.37. The molecule has 0 spiro atoms. The number of rotatable bonds is 5. The van der Waals surface area contributed by atoms with E-state index >= 15 is 0 Å². The van der Waals surface area contributed by atoms with Gasteiger partial charge in [0.25, 0.3) is 6.02 Å². The fourth-order valence-electron chi connectivity index (χ4n) is 3.39. The maximum atomic E-state index is 14.9. The van der Waals surface area contributed by atoms with Gasteiger partial charge in [0.1, 0.15) is 23.7 Å². The number of pyridine rings is 1. The molecule has 2 N–H and O–H groups in total. The lowest BCUT2D eigenvalue weighted by molar-refractivity contribution is -0.209. The van der Waals surface area contributed by atoms with Crippen molar-refractivity contribution in [1.82, 2.24) is 4.98 Å². The number of ketones is 1. The van der Waals surface area contributed by atoms with E-state index in [0.717, 1.165) is 6.07 Å². The Morgan fingerprint density at radius 3 is 2.65 bits per heavy atom. The maximum Gasteiger partial charge on any atom is 0.425 e. The summed E-state index contributed by atoms with van der Waals surface area (Å²) in [5.74, 6) is -1.37. The lowest BCUT2D eigenvalue weighted by atomic mass is 9.82. The van der Waals surface area contributed by atoms with Crippen LogP contribution in [0, 0.1) is 12.7 Å². The second kappa shape index (κ2) is 8.41. The number of aliphatic imine (C=N–C) groups is 1. The summed E-state index contributed by atoms with van der Waals surface area (Å²) in [4.78, 5) is 20.1. The smallest absolute Gasteiger partial charge is 0.425 e. The molecule has 0 fully saturated rings. The minimum absolute atomic E-state index is 0.0148. The second-order valence-electron chi connectivity index (χ2n) is 7.20. The molecule has 0 amide bonds. The Bertz CT molecular complexity index is 1030. The molecule has 0 unspecified atom stereocenters. The van der Waals surface area contributed by atoms with E-state index in [9.17, 15) is 26.7 Å². The molecular weight excluding hydrogens is 445 g/mol. The molecule has 31 heavy (non-hydrogen) atoms. The highest BCUT2D eigenvalue weighted by Crippen LogP contribution is 2.42. The number of ether oxygens (including phenoxy) is 1. The van der Waals surface area contributed by atoms with E-state index in [0.29, 0.717) is 5.02 Å². The third-order valence-electron chi connectivity index (χ3n) is 4.89. The summed E-state index contributed by atoms with van der Waals surface area (Å²) in [6.07, 6.45) is -7.28. The maximum absolute atomic E-state index is 14.9. The number of carbonyl (C=O) groups excluding carboxylic acids is 1. The molecule has 0 bridgehead atoms. The van der Waals surface area contributed by atoms with Crippen LogP contribution in [0.4, 0.5) is 22.0 Å². The van der Waals surface area contributed by atoms with Crippen LogP contribution < -0.4 is 5.73 Å². The summed E-state index contributed by atoms with van der Waals surface area (Å²) in [7, 11) is 0. The molecule has 1 aromatic carbocycles. The number of alkyl halides is 4. The van der Waals surface area contributed by atoms with Crippen molar-refractivity contribution in [3.63, 3.8) is 0 Å². The van der Waals surface area contributed by atoms with Gasteiger partial charge in [0.2, 0.25) is 0 Å². The van der Waals surface area contributed by atoms with Crippen molar-refractivity contribution in [2.75, 3.05) is 6.67 Å². The van der Waals surface area contributed by atoms with Crippen molar-refractivity contribution < 1.29 is 31.5 Å². The molecule has 11 heteroatoms. The molecule has 1 aliphatic rings. The number of amidine groups is 1. The molecule has 2 heterocycles. The number of carbonyl (C=O) groups is 1. The Hall–Kier alpha value is -2.75. The van der Waals surface area contributed by atoms with Crippen LogP contribution in [-0.4, -0.2) is 35.7 Å². The summed E-state index contributed by atoms with van der Waals surface area (Å²) >= 11 is 5.74. The Kier molecular flexibility index (Phi) is 6.22. The van der Waals surface area contributed by atoms with E-state index in [-0.39, 0.29) is 23.2 Å². The van der Waals surface area contributed by atoms with Crippen molar-refractivity contribution >= 4 is 23.4 Å². The number of benzene rings is 1. The molecule has 0 aliphatic carbocycles. The average Bonchev–Trinajstić information content (AvgIpc) is 2.69. The molecular formula is C20H17ClF5N3O2. The highest BCUT2D eigenvalue weighted by molar-refractivity contribution is 6.30. The van der Waals surface area contributed by atoms with Crippen LogP contribution >= 0.6 is 11.6 Å². The molecule has 0 saturated heterocycles. The molecule has 5 nitrogen and oxygen atoms in total. The van der Waals surface area contributed by atoms with Gasteiger partial charge in [-0.05, 0) is 36.2 Å². The van der Waals surface area contributed by atoms with Crippen molar-refractivity contribution in [2.24, 2.45) is 10.7 Å². The van der Waals surface area contributed by atoms with Crippen LogP contribution in [0.2, 0.25) is 5.02 Å². The Morgan fingerprint density at radius 1 is 1.35 bits per heavy atom. The first kappa shape index (κ1) is 22.9. The van der Waals surface area contributed by atoms with Crippen LogP contribution in [0.1, 0.15) is 33.6 Å². The largest absolute Gasteiger partial charge is 0.452 e. The van der Waals surface area contributed by atoms with Gasteiger partial charge in [0.15, 0.2) is 11.9 Å². The number of halogens is 6. The third kappa shape index (κ3) is 4.79. The number of aryl methyl sites for hydroxylation is 1. The van der Waals surface area contributed by atoms with Crippen LogP contribution in [0.25, 0.3) is 0 Å². The number of hydrogen-bond acceptors (Lipinski definition) is 5. The fourth-order valence-corrected chi connectivity index (χ4v) is 3.50. The van der Waals surface area contributed by atoms with Crippen LogP contribution in [0.3, 0.4) is 0 Å². The number of hydrogen-bond donors (Lipinski definition) is 1. The standard InChI is InChI=1S/C20H17ClF5N3O2/c1-10-4-11(6-15(30)14-3-2-12(21)8-28-14)5-13(17(10)23)19(9-22)7-16(20(24,25)26)31-18(27)29-19/h2-5,8,16H,6-7,9H2,1H3,(H2,27,29)/t16-,19+/m0/s1. The zero-order valence-electron chi connectivity index (χ0n) is 16.1. The highest BCUT2D eigenvalue weighted by Gasteiger charge is 2.52. The van der Waals surface area contributed by atoms with Crippen molar-refractivity contribution in [2.45, 2.75) is 37.6 Å². The van der Waals surface area contributed by atoms with E-state index in [4.69, 9.17) is 17.3 Å². The second-order valence-corrected chi connectivity index (χ2v) is 7.64. The van der Waals surface area contributed by atoms with Gasteiger partial charge in [0, 0.05) is 24.6 Å². The van der Waals surface area contributed by atoms with E-state index in [1.54, 1.807) is 0 Å². The average molecular weight is 462 g/mol. The van der Waals surface area contributed by atoms with Gasteiger partial charge in [-0.1, -0.05) is 17.7 Å². The zero-order chi connectivity index (χ0) is 23.0. The predicted octanol–water partition coefficient (Wildman–Crippen LogP) is 4.44. The van der Waals surface area contributed by atoms with Gasteiger partial charge in [0.05, 0.1) is 5.02 Å². The van der Waals surface area contributed by atoms with Gasteiger partial charge < -0.3 is 10.5 Å². The summed E-state index contributed by atoms with van der Waals surface area (Å²) in [6.45, 7) is -0.0942. The molecule has 3 rings (SSSR count). The molecule has 1 aliphatic heterocycles. The molecule has 0 radical (unpaired) electrons. The zero-order valence-corrected chi connectivity index (χ0v) is 16.9. The number of nitrogens with two attached hydrogens (primary N) is 1. The summed E-state index contributed by atoms with van der Waals surface area (Å²) < 4.78 is 73.3. The highest BCUT2D eigenvalue weighted by atomic mass is 35.5. The van der Waals surface area contributed by atoms with Gasteiger partial charge in [-0.3, -0.25) is 9.78 Å². The molecule has 2 atom stereocenters. The predicted molar refractivity (Wildman–Crippen MR) is 103 cm³/mol. The van der Waals surface area contributed by atoms with Crippen LogP contribution in [-0.2, 0) is 16.7 Å². The Labute approximate surface area is 179 Å². The van der Waals surface area contributed by atoms with Crippen molar-refractivity contribution in [3.8, 4) is 0 Å². The van der Waals surface area contributed by atoms with Gasteiger partial charge in [-0.2, -0.15) is 13.2 Å². The first-order valence-electron chi connectivity index (χ1n) is 9.04. The van der Waals surface area contributed by atoms with Gasteiger partial charge in [-0.25, -0.2) is 13.8 Å². The van der Waals surface area contributed by atoms with Crippen LogP contribution in [0.15, 0.2) is 35.5 Å². The van der Waals surface area contributed by atoms with Crippen LogP contribution in [0.5, 0.6) is 0 Å². The number of nitrogens with zero attached hydrogens (tertiary/aromatic N) is 2. The Morgan fingerprint density at radius 2 is 2.06 bits per heavy atom. The molecule has 166 valence electrons. The van der Waals surface area contributed by atoms with E-state index in [1.807, 2.05) is 0 Å². The number of aromatic nitrogens is 1. The number of Topliss-reactive ketones (excluding diaryl/α,β-unsaturated/α-hetero) is 1. The minimum atomic E-state index is -4.86. The minimum Gasteiger partial charge on any atom is -0.452 e. The Balaban J connectivity index is 2.02. The summed E-state index contributed by atoms with van der Waals surface area (Å²) in [5, 5.41) is 0.329. The lowest BCUT2D eigenvalue weighted by Crippen LogP contribution is -2.48. The van der Waals surface area contributed by atoms with E-state index < -0.39 is 54.1 Å². The third-order valence-corrected chi connectivity index (χ3v) is 5.11. The van der Waals surface area contributed by atoms with E-state index in [2.05, 4.69) is 14.7 Å². The van der Waals surface area contributed by atoms with Crippen molar-refractivity contribution in [3.05, 3.63) is 63.7 Å².